The van der Waals surface area contributed by atoms with Crippen LogP contribution in [0.5, 0.6) is 0 Å². The summed E-state index contributed by atoms with van der Waals surface area (Å²) in [4.78, 5) is 16.8. The first-order chi connectivity index (χ1) is 13.3. The maximum atomic E-state index is 15.2. The monoisotopic (exact) mass is 390 g/mol. The summed E-state index contributed by atoms with van der Waals surface area (Å²) in [5, 5.41) is 19.4. The molecule has 2 heterocycles. The molecule has 2 aromatic rings. The number of azo groups is 1. The van der Waals surface area contributed by atoms with Crippen LogP contribution in [-0.4, -0.2) is 40.8 Å². The number of nitro groups is 1. The normalized spacial score (nSPS) is 14.8. The van der Waals surface area contributed by atoms with Crippen molar-refractivity contribution in [2.75, 3.05) is 31.2 Å². The van der Waals surface area contributed by atoms with Gasteiger partial charge in [-0.15, -0.1) is 10.2 Å². The molecule has 1 fully saturated rings. The van der Waals surface area contributed by atoms with E-state index in [-0.39, 0.29) is 17.5 Å². The number of nitrogens with zero attached hydrogens (tertiary/aromatic N) is 6. The van der Waals surface area contributed by atoms with Crippen LogP contribution in [0.4, 0.5) is 27.4 Å². The van der Waals surface area contributed by atoms with E-state index in [0.717, 1.165) is 5.56 Å². The van der Waals surface area contributed by atoms with Crippen LogP contribution < -0.4 is 4.90 Å². The molecule has 0 bridgehead atoms. The third kappa shape index (κ3) is 3.59. The molecule has 9 nitrogen and oxygen atoms in total. The fourth-order valence-corrected chi connectivity index (χ4v) is 3.28. The van der Waals surface area contributed by atoms with E-state index in [9.17, 15) is 10.1 Å². The SMILES string of the molecule is CCc1c(F)c(N2CCOCC2)cc(C)c1N=Nc1nc(C)n(C)c1[N+](=O)[O-]. The minimum Gasteiger partial charge on any atom is -0.378 e. The van der Waals surface area contributed by atoms with E-state index in [1.165, 1.54) is 4.57 Å². The third-order valence-corrected chi connectivity index (χ3v) is 4.90. The van der Waals surface area contributed by atoms with Crippen LogP contribution in [0.25, 0.3) is 0 Å². The predicted octanol–water partition coefficient (Wildman–Crippen LogP) is 3.90. The molecule has 10 heteroatoms. The number of hydrogen-bond donors (Lipinski definition) is 0. The Balaban J connectivity index is 2.03. The molecule has 0 saturated carbocycles. The van der Waals surface area contributed by atoms with Gasteiger partial charge in [0.25, 0.3) is 5.82 Å². The molecule has 28 heavy (non-hydrogen) atoms. The van der Waals surface area contributed by atoms with Crippen molar-refractivity contribution in [3.63, 3.8) is 0 Å². The van der Waals surface area contributed by atoms with Crippen molar-refractivity contribution >= 4 is 23.0 Å². The average molecular weight is 390 g/mol. The molecule has 0 radical (unpaired) electrons. The predicted molar refractivity (Wildman–Crippen MR) is 102 cm³/mol. The van der Waals surface area contributed by atoms with Crippen LogP contribution in [0.2, 0.25) is 0 Å². The lowest BCUT2D eigenvalue weighted by atomic mass is 10.0. The molecular formula is C18H23FN6O3. The summed E-state index contributed by atoms with van der Waals surface area (Å²) in [6, 6.07) is 1.74. The summed E-state index contributed by atoms with van der Waals surface area (Å²) in [5.41, 5.74) is 2.09. The van der Waals surface area contributed by atoms with Crippen molar-refractivity contribution < 1.29 is 14.1 Å². The highest BCUT2D eigenvalue weighted by Crippen LogP contribution is 2.36. The highest BCUT2D eigenvalue weighted by atomic mass is 19.1. The van der Waals surface area contributed by atoms with E-state index in [1.807, 2.05) is 18.7 Å². The van der Waals surface area contributed by atoms with E-state index >= 15 is 4.39 Å². The Morgan fingerprint density at radius 3 is 2.61 bits per heavy atom. The first-order valence-electron chi connectivity index (χ1n) is 9.09. The zero-order chi connectivity index (χ0) is 20.4. The first-order valence-corrected chi connectivity index (χ1v) is 9.09. The number of anilines is 1. The number of imidazole rings is 1. The summed E-state index contributed by atoms with van der Waals surface area (Å²) in [6.45, 7) is 7.68. The topological polar surface area (TPSA) is 98.2 Å². The molecular weight excluding hydrogens is 367 g/mol. The van der Waals surface area contributed by atoms with Crippen LogP contribution in [0.3, 0.4) is 0 Å². The fourth-order valence-electron chi connectivity index (χ4n) is 3.28. The smallest absolute Gasteiger partial charge is 0.371 e. The Morgan fingerprint density at radius 2 is 2.00 bits per heavy atom. The fraction of sp³-hybridized carbons (Fsp3) is 0.500. The van der Waals surface area contributed by atoms with Gasteiger partial charge < -0.3 is 19.8 Å². The van der Waals surface area contributed by atoms with Crippen molar-refractivity contribution in [1.29, 1.82) is 0 Å². The Bertz CT molecular complexity index is 934. The third-order valence-electron chi connectivity index (χ3n) is 4.90. The average Bonchev–Trinajstić information content (AvgIpc) is 2.96. The van der Waals surface area contributed by atoms with Crippen LogP contribution in [0, 0.1) is 29.8 Å². The molecule has 0 unspecified atom stereocenters. The summed E-state index contributed by atoms with van der Waals surface area (Å²) >= 11 is 0. The largest absolute Gasteiger partial charge is 0.378 e. The standard InChI is InChI=1S/C18H23FN6O3/c1-5-13-15(19)14(24-6-8-28-9-7-24)10-11(2)16(13)21-22-17-18(25(26)27)23(4)12(3)20-17/h10H,5-9H2,1-4H3. The molecule has 1 aliphatic rings. The van der Waals surface area contributed by atoms with Gasteiger partial charge in [0, 0.05) is 25.6 Å². The Kier molecular flexibility index (Phi) is 5.68. The quantitative estimate of drug-likeness (QED) is 0.438. The van der Waals surface area contributed by atoms with Gasteiger partial charge in [0.1, 0.15) is 0 Å². The highest BCUT2D eigenvalue weighted by Gasteiger charge is 2.24. The minimum atomic E-state index is -0.552. The Morgan fingerprint density at radius 1 is 1.32 bits per heavy atom. The van der Waals surface area contributed by atoms with Crippen molar-refractivity contribution in [3.8, 4) is 0 Å². The molecule has 0 amide bonds. The lowest BCUT2D eigenvalue weighted by molar-refractivity contribution is -0.391. The second-order valence-electron chi connectivity index (χ2n) is 6.63. The highest BCUT2D eigenvalue weighted by molar-refractivity contribution is 5.64. The summed E-state index contributed by atoms with van der Waals surface area (Å²) in [7, 11) is 1.54. The van der Waals surface area contributed by atoms with Gasteiger partial charge in [-0.1, -0.05) is 6.92 Å². The van der Waals surface area contributed by atoms with Crippen molar-refractivity contribution in [2.24, 2.45) is 17.3 Å². The molecule has 3 rings (SSSR count). The molecule has 0 N–H and O–H groups in total. The molecule has 1 aromatic heterocycles. The molecule has 0 atom stereocenters. The van der Waals surface area contributed by atoms with Gasteiger partial charge in [-0.05, 0) is 29.9 Å². The van der Waals surface area contributed by atoms with Crippen LogP contribution in [0.15, 0.2) is 16.3 Å². The minimum absolute atomic E-state index is 0.0934. The second-order valence-corrected chi connectivity index (χ2v) is 6.63. The van der Waals surface area contributed by atoms with Gasteiger partial charge in [-0.25, -0.2) is 8.96 Å². The number of hydrogen-bond acceptors (Lipinski definition) is 7. The van der Waals surface area contributed by atoms with Gasteiger partial charge in [-0.3, -0.25) is 0 Å². The molecule has 150 valence electrons. The molecule has 1 aromatic carbocycles. The number of halogens is 1. The zero-order valence-electron chi connectivity index (χ0n) is 16.4. The summed E-state index contributed by atoms with van der Waals surface area (Å²) in [6.07, 6.45) is 0.419. The van der Waals surface area contributed by atoms with Crippen LogP contribution >= 0.6 is 0 Å². The van der Waals surface area contributed by atoms with E-state index in [0.29, 0.717) is 55.5 Å². The lowest BCUT2D eigenvalue weighted by Gasteiger charge is -2.30. The number of rotatable bonds is 5. The lowest BCUT2D eigenvalue weighted by Crippen LogP contribution is -2.37. The van der Waals surface area contributed by atoms with Gasteiger partial charge in [-0.2, -0.15) is 4.98 Å². The number of ether oxygens (including phenoxy) is 1. The number of morpholine rings is 1. The summed E-state index contributed by atoms with van der Waals surface area (Å²) in [5.74, 6) is -0.232. The number of aryl methyl sites for hydroxylation is 2. The van der Waals surface area contributed by atoms with Crippen molar-refractivity contribution in [3.05, 3.63) is 38.9 Å². The maximum absolute atomic E-state index is 15.2. The van der Waals surface area contributed by atoms with Crippen molar-refractivity contribution in [2.45, 2.75) is 27.2 Å². The van der Waals surface area contributed by atoms with Crippen molar-refractivity contribution in [1.82, 2.24) is 9.55 Å². The van der Waals surface area contributed by atoms with Crippen LogP contribution in [-0.2, 0) is 18.2 Å². The second kappa shape index (κ2) is 8.01. The Hall–Kier alpha value is -2.88. The van der Waals surface area contributed by atoms with E-state index < -0.39 is 4.92 Å². The van der Waals surface area contributed by atoms with Crippen LogP contribution in [0.1, 0.15) is 23.9 Å². The number of benzene rings is 1. The molecule has 0 aliphatic carbocycles. The van der Waals surface area contributed by atoms with Gasteiger partial charge >= 0.3 is 5.82 Å². The summed E-state index contributed by atoms with van der Waals surface area (Å²) < 4.78 is 21.9. The number of aromatic nitrogens is 2. The Labute approximate surface area is 162 Å². The van der Waals surface area contributed by atoms with Gasteiger partial charge in [0.15, 0.2) is 11.6 Å². The van der Waals surface area contributed by atoms with E-state index in [1.54, 1.807) is 20.0 Å². The first kappa shape index (κ1) is 19.9. The molecule has 1 aliphatic heterocycles. The van der Waals surface area contributed by atoms with E-state index in [2.05, 4.69) is 15.2 Å². The molecule has 0 spiro atoms. The van der Waals surface area contributed by atoms with Gasteiger partial charge in [0.05, 0.1) is 31.6 Å². The zero-order valence-corrected chi connectivity index (χ0v) is 16.4. The van der Waals surface area contributed by atoms with E-state index in [4.69, 9.17) is 4.74 Å². The van der Waals surface area contributed by atoms with Gasteiger partial charge in [0.2, 0.25) is 0 Å². The maximum Gasteiger partial charge on any atom is 0.371 e. The molecule has 1 saturated heterocycles.